The predicted molar refractivity (Wildman–Crippen MR) is 43.6 cm³/mol. The van der Waals surface area contributed by atoms with Crippen LogP contribution in [0.1, 0.15) is 0 Å². The van der Waals surface area contributed by atoms with Crippen LogP contribution >= 0.6 is 0 Å². The first kappa shape index (κ1) is 6.78. The van der Waals surface area contributed by atoms with E-state index in [2.05, 4.69) is 20.3 Å². The van der Waals surface area contributed by atoms with Crippen LogP contribution in [0.2, 0.25) is 0 Å². The first-order valence-corrected chi connectivity index (χ1v) is 3.43. The van der Waals surface area contributed by atoms with Gasteiger partial charge in [-0.1, -0.05) is 0 Å². The molecule has 12 heavy (non-hydrogen) atoms. The Balaban J connectivity index is 2.99. The minimum atomic E-state index is 0.542. The number of hydrogen-bond donors (Lipinski definition) is 2. The molecule has 0 aromatic carbocycles. The van der Waals surface area contributed by atoms with E-state index < -0.39 is 0 Å². The van der Waals surface area contributed by atoms with Gasteiger partial charge in [-0.25, -0.2) is 0 Å². The maximum absolute atomic E-state index is 5.14. The van der Waals surface area contributed by atoms with Crippen LogP contribution in [-0.2, 0) is 0 Å². The molecule has 0 unspecified atom stereocenters. The van der Waals surface area contributed by atoms with Gasteiger partial charge in [0.05, 0.1) is 6.20 Å². The number of rotatable bonds is 0. The van der Waals surface area contributed by atoms with Crippen LogP contribution in [0.3, 0.4) is 0 Å². The Morgan fingerprint density at radius 2 is 2.33 bits per heavy atom. The predicted octanol–water partition coefficient (Wildman–Crippen LogP) is -0.268. The molecule has 0 saturated heterocycles. The first-order valence-electron chi connectivity index (χ1n) is 3.43. The highest BCUT2D eigenvalue weighted by Gasteiger charge is 1.93. The third-order valence-corrected chi connectivity index (χ3v) is 1.61. The van der Waals surface area contributed by atoms with Gasteiger partial charge in [0.15, 0.2) is 5.49 Å². The van der Waals surface area contributed by atoms with Crippen LogP contribution in [0.4, 0.5) is 0 Å². The fourth-order valence-corrected chi connectivity index (χ4v) is 1.04. The van der Waals surface area contributed by atoms with Gasteiger partial charge >= 0.3 is 0 Å². The second-order valence-electron chi connectivity index (χ2n) is 2.31. The number of nitrogens with two attached hydrogens (primary N) is 1. The second-order valence-corrected chi connectivity index (χ2v) is 2.31. The third kappa shape index (κ3) is 0.914. The smallest absolute Gasteiger partial charge is 0.175 e. The molecule has 0 aliphatic carbocycles. The standard InChI is InChI=1S/C7H7N5/c8-11-7-6-4-9-2-1-5(6)3-10-12-7/h1-4H,8H2,(H,11,12). The maximum atomic E-state index is 5.14. The Kier molecular flexibility index (Phi) is 1.48. The highest BCUT2D eigenvalue weighted by molar-refractivity contribution is 5.78. The molecule has 0 fully saturated rings. The van der Waals surface area contributed by atoms with Crippen LogP contribution in [-0.4, -0.2) is 15.2 Å². The van der Waals surface area contributed by atoms with Crippen LogP contribution in [0, 0.1) is 0 Å². The van der Waals surface area contributed by atoms with Gasteiger partial charge in [-0.05, 0) is 6.07 Å². The number of pyridine rings is 1. The van der Waals surface area contributed by atoms with Crippen molar-refractivity contribution >= 4 is 10.8 Å². The van der Waals surface area contributed by atoms with E-state index >= 15 is 0 Å². The summed E-state index contributed by atoms with van der Waals surface area (Å²) >= 11 is 0. The van der Waals surface area contributed by atoms with E-state index in [9.17, 15) is 0 Å². The number of nitrogens with one attached hydrogen (secondary N) is 1. The molecule has 0 radical (unpaired) electrons. The molecule has 60 valence electrons. The zero-order valence-corrected chi connectivity index (χ0v) is 6.23. The molecule has 0 bridgehead atoms. The van der Waals surface area contributed by atoms with Crippen LogP contribution in [0.5, 0.6) is 0 Å². The Bertz CT molecular complexity index is 453. The Morgan fingerprint density at radius 1 is 1.42 bits per heavy atom. The summed E-state index contributed by atoms with van der Waals surface area (Å²) in [6.07, 6.45) is 5.09. The largest absolute Gasteiger partial charge is 0.321 e. The van der Waals surface area contributed by atoms with Crippen molar-refractivity contribution in [3.63, 3.8) is 0 Å². The van der Waals surface area contributed by atoms with Crippen molar-refractivity contribution in [3.8, 4) is 0 Å². The van der Waals surface area contributed by atoms with Gasteiger partial charge in [0.25, 0.3) is 0 Å². The number of fused-ring (bicyclic) bond motifs is 1. The van der Waals surface area contributed by atoms with Gasteiger partial charge in [-0.3, -0.25) is 10.1 Å². The Labute approximate surface area is 67.9 Å². The van der Waals surface area contributed by atoms with Gasteiger partial charge in [-0.2, -0.15) is 10.2 Å². The first-order chi connectivity index (χ1) is 5.92. The van der Waals surface area contributed by atoms with Crippen molar-refractivity contribution in [2.24, 2.45) is 10.9 Å². The quantitative estimate of drug-likeness (QED) is 0.412. The summed E-state index contributed by atoms with van der Waals surface area (Å²) in [6, 6.07) is 1.85. The number of hydrogen-bond acceptors (Lipinski definition) is 4. The van der Waals surface area contributed by atoms with Crippen LogP contribution in [0.15, 0.2) is 29.8 Å². The topological polar surface area (TPSA) is 80.0 Å². The highest BCUT2D eigenvalue weighted by atomic mass is 15.2. The van der Waals surface area contributed by atoms with Crippen molar-refractivity contribution in [3.05, 3.63) is 30.1 Å². The molecule has 0 aliphatic heterocycles. The van der Waals surface area contributed by atoms with E-state index in [0.29, 0.717) is 5.49 Å². The summed E-state index contributed by atoms with van der Waals surface area (Å²) in [6.45, 7) is 0. The fourth-order valence-electron chi connectivity index (χ4n) is 1.04. The summed E-state index contributed by atoms with van der Waals surface area (Å²) in [5.41, 5.74) is 0.542. The molecule has 2 heterocycles. The van der Waals surface area contributed by atoms with E-state index in [1.807, 2.05) is 6.07 Å². The van der Waals surface area contributed by atoms with Crippen molar-refractivity contribution in [1.82, 2.24) is 15.2 Å². The van der Waals surface area contributed by atoms with Gasteiger partial charge in [0.1, 0.15) is 0 Å². The monoisotopic (exact) mass is 161 g/mol. The van der Waals surface area contributed by atoms with E-state index in [4.69, 9.17) is 5.84 Å². The summed E-state index contributed by atoms with van der Waals surface area (Å²) in [7, 11) is 0. The summed E-state index contributed by atoms with van der Waals surface area (Å²) < 4.78 is 0. The molecule has 2 aromatic heterocycles. The van der Waals surface area contributed by atoms with Gasteiger partial charge < -0.3 is 5.84 Å². The summed E-state index contributed by atoms with van der Waals surface area (Å²) in [5, 5.41) is 11.9. The molecule has 3 N–H and O–H groups in total. The van der Waals surface area contributed by atoms with Gasteiger partial charge in [0, 0.05) is 23.2 Å². The van der Waals surface area contributed by atoms with Gasteiger partial charge in [-0.15, -0.1) is 0 Å². The fraction of sp³-hybridized carbons (Fsp3) is 0. The molecule has 5 nitrogen and oxygen atoms in total. The lowest BCUT2D eigenvalue weighted by Crippen LogP contribution is -2.12. The van der Waals surface area contributed by atoms with E-state index in [1.54, 1.807) is 18.6 Å². The molecule has 2 aromatic rings. The lowest BCUT2D eigenvalue weighted by molar-refractivity contribution is 0.944. The molecule has 5 heteroatoms. The maximum Gasteiger partial charge on any atom is 0.175 e. The van der Waals surface area contributed by atoms with Gasteiger partial charge in [0.2, 0.25) is 0 Å². The van der Waals surface area contributed by atoms with E-state index in [1.165, 1.54) is 0 Å². The number of aromatic amines is 1. The number of aromatic nitrogens is 3. The van der Waals surface area contributed by atoms with E-state index in [0.717, 1.165) is 10.8 Å². The minimum absolute atomic E-state index is 0.542. The average Bonchev–Trinajstić information content (AvgIpc) is 2.17. The average molecular weight is 161 g/mol. The van der Waals surface area contributed by atoms with Crippen molar-refractivity contribution < 1.29 is 0 Å². The SMILES string of the molecule is N/N=c1\[nH]ncc2ccncc12. The Hall–Kier alpha value is -1.91. The van der Waals surface area contributed by atoms with Crippen molar-refractivity contribution in [2.75, 3.05) is 0 Å². The van der Waals surface area contributed by atoms with Crippen LogP contribution in [0.25, 0.3) is 10.8 Å². The Morgan fingerprint density at radius 3 is 3.17 bits per heavy atom. The molecule has 0 spiro atoms. The molecule has 0 atom stereocenters. The zero-order chi connectivity index (χ0) is 8.39. The molecule has 0 aliphatic rings. The lowest BCUT2D eigenvalue weighted by Gasteiger charge is -1.93. The summed E-state index contributed by atoms with van der Waals surface area (Å²) in [5.74, 6) is 5.14. The molecular formula is C7H7N5. The molecule has 2 rings (SSSR count). The number of nitrogens with zero attached hydrogens (tertiary/aromatic N) is 3. The minimum Gasteiger partial charge on any atom is -0.321 e. The molecule has 0 amide bonds. The van der Waals surface area contributed by atoms with Crippen molar-refractivity contribution in [1.29, 1.82) is 0 Å². The zero-order valence-electron chi connectivity index (χ0n) is 6.23. The molecule has 0 saturated carbocycles. The van der Waals surface area contributed by atoms with Crippen LogP contribution < -0.4 is 11.3 Å². The summed E-state index contributed by atoms with van der Waals surface area (Å²) in [4.78, 5) is 3.96. The number of H-pyrrole nitrogens is 1. The van der Waals surface area contributed by atoms with E-state index in [-0.39, 0.29) is 0 Å². The normalized spacial score (nSPS) is 12.2. The highest BCUT2D eigenvalue weighted by Crippen LogP contribution is 2.02. The third-order valence-electron chi connectivity index (χ3n) is 1.61. The lowest BCUT2D eigenvalue weighted by atomic mass is 10.2. The second kappa shape index (κ2) is 2.61. The van der Waals surface area contributed by atoms with Crippen molar-refractivity contribution in [2.45, 2.75) is 0 Å². The molecular weight excluding hydrogens is 154 g/mol.